The summed E-state index contributed by atoms with van der Waals surface area (Å²) >= 11 is 0. The largest absolute Gasteiger partial charge is 0.449 e. The molecule has 0 radical (unpaired) electrons. The number of benzene rings is 2. The molecule has 1 saturated heterocycles. The van der Waals surface area contributed by atoms with E-state index in [0.717, 1.165) is 24.8 Å². The Bertz CT molecular complexity index is 1080. The number of piperidine rings is 1. The number of nitrogens with zero attached hydrogens (tertiary/aromatic N) is 1. The van der Waals surface area contributed by atoms with Gasteiger partial charge < -0.3 is 10.1 Å². The number of ether oxygens (including phenoxy) is 1. The predicted molar refractivity (Wildman–Crippen MR) is 118 cm³/mol. The zero-order valence-electron chi connectivity index (χ0n) is 18.1. The van der Waals surface area contributed by atoms with Crippen LogP contribution in [0.3, 0.4) is 0 Å². The fourth-order valence-corrected chi connectivity index (χ4v) is 5.02. The summed E-state index contributed by atoms with van der Waals surface area (Å²) in [6, 6.07) is 11.7. The monoisotopic (exact) mass is 444 g/mol. The van der Waals surface area contributed by atoms with Crippen LogP contribution in [-0.2, 0) is 19.6 Å². The lowest BCUT2D eigenvalue weighted by Crippen LogP contribution is -2.35. The molecule has 0 saturated carbocycles. The second kappa shape index (κ2) is 9.62. The average molecular weight is 445 g/mol. The minimum absolute atomic E-state index is 0.0591. The quantitative estimate of drug-likeness (QED) is 0.687. The standard InChI is InChI=1S/C23H28N2O5S/c1-16-8-7-9-19(14-16)24-22(26)18(3)30-23(27)21-15-20(11-10-17(21)2)31(28,29)25-12-5-4-6-13-25/h7-11,14-15,18H,4-6,12-13H2,1-3H3,(H,24,26). The number of anilines is 1. The molecule has 3 rings (SSSR count). The first kappa shape index (κ1) is 23.0. The van der Waals surface area contributed by atoms with E-state index in [-0.39, 0.29) is 10.5 Å². The molecule has 1 amide bonds. The van der Waals surface area contributed by atoms with Gasteiger partial charge in [-0.05, 0) is 69.0 Å². The van der Waals surface area contributed by atoms with E-state index >= 15 is 0 Å². The van der Waals surface area contributed by atoms with Crippen molar-refractivity contribution in [3.8, 4) is 0 Å². The SMILES string of the molecule is Cc1cccc(NC(=O)C(C)OC(=O)c2cc(S(=O)(=O)N3CCCCC3)ccc2C)c1. The van der Waals surface area contributed by atoms with Gasteiger partial charge in [-0.25, -0.2) is 13.2 Å². The Hall–Kier alpha value is -2.71. The Balaban J connectivity index is 1.73. The highest BCUT2D eigenvalue weighted by molar-refractivity contribution is 7.89. The van der Waals surface area contributed by atoms with E-state index in [4.69, 9.17) is 4.74 Å². The first-order valence-corrected chi connectivity index (χ1v) is 11.8. The Labute approximate surface area is 183 Å². The number of hydrogen-bond donors (Lipinski definition) is 1. The Kier molecular flexibility index (Phi) is 7.12. The molecule has 1 unspecified atom stereocenters. The molecule has 166 valence electrons. The maximum Gasteiger partial charge on any atom is 0.339 e. The fourth-order valence-electron chi connectivity index (χ4n) is 3.48. The molecule has 2 aromatic rings. The second-order valence-electron chi connectivity index (χ2n) is 7.85. The summed E-state index contributed by atoms with van der Waals surface area (Å²) in [5.74, 6) is -1.20. The summed E-state index contributed by atoms with van der Waals surface area (Å²) in [7, 11) is -3.68. The van der Waals surface area contributed by atoms with E-state index < -0.39 is 28.0 Å². The third-order valence-corrected chi connectivity index (χ3v) is 7.22. The fraction of sp³-hybridized carbons (Fsp3) is 0.391. The van der Waals surface area contributed by atoms with Crippen LogP contribution in [0.5, 0.6) is 0 Å². The Morgan fingerprint density at radius 2 is 1.74 bits per heavy atom. The molecule has 7 nitrogen and oxygen atoms in total. The number of amides is 1. The van der Waals surface area contributed by atoms with Crippen LogP contribution in [0.25, 0.3) is 0 Å². The minimum atomic E-state index is -3.68. The Morgan fingerprint density at radius 3 is 2.42 bits per heavy atom. The summed E-state index contributed by atoms with van der Waals surface area (Å²) < 4.78 is 32.7. The van der Waals surface area contributed by atoms with Crippen molar-refractivity contribution in [2.75, 3.05) is 18.4 Å². The van der Waals surface area contributed by atoms with Crippen molar-refractivity contribution >= 4 is 27.6 Å². The summed E-state index contributed by atoms with van der Waals surface area (Å²) in [5.41, 5.74) is 2.31. The van der Waals surface area contributed by atoms with Gasteiger partial charge in [0.15, 0.2) is 6.10 Å². The third-order valence-electron chi connectivity index (χ3n) is 5.32. The van der Waals surface area contributed by atoms with Gasteiger partial charge in [-0.3, -0.25) is 4.79 Å². The molecule has 1 fully saturated rings. The van der Waals surface area contributed by atoms with Gasteiger partial charge in [0.05, 0.1) is 10.5 Å². The second-order valence-corrected chi connectivity index (χ2v) is 9.79. The number of aryl methyl sites for hydroxylation is 2. The highest BCUT2D eigenvalue weighted by atomic mass is 32.2. The molecular weight excluding hydrogens is 416 g/mol. The van der Waals surface area contributed by atoms with E-state index in [1.807, 2.05) is 25.1 Å². The van der Waals surface area contributed by atoms with Gasteiger partial charge in [-0.2, -0.15) is 4.31 Å². The molecule has 31 heavy (non-hydrogen) atoms. The van der Waals surface area contributed by atoms with Crippen molar-refractivity contribution in [1.29, 1.82) is 0 Å². The van der Waals surface area contributed by atoms with E-state index in [1.54, 1.807) is 19.1 Å². The van der Waals surface area contributed by atoms with Crippen LogP contribution in [0.2, 0.25) is 0 Å². The number of carbonyl (C=O) groups excluding carboxylic acids is 2. The van der Waals surface area contributed by atoms with Crippen molar-refractivity contribution in [1.82, 2.24) is 4.31 Å². The van der Waals surface area contributed by atoms with E-state index in [0.29, 0.717) is 24.3 Å². The van der Waals surface area contributed by atoms with Gasteiger partial charge in [-0.1, -0.05) is 24.6 Å². The predicted octanol–water partition coefficient (Wildman–Crippen LogP) is 3.66. The van der Waals surface area contributed by atoms with Crippen LogP contribution in [0, 0.1) is 13.8 Å². The van der Waals surface area contributed by atoms with Crippen LogP contribution in [-0.4, -0.2) is 43.8 Å². The summed E-state index contributed by atoms with van der Waals surface area (Å²) in [6.07, 6.45) is 1.62. The van der Waals surface area contributed by atoms with Crippen LogP contribution in [0.1, 0.15) is 47.7 Å². The zero-order valence-corrected chi connectivity index (χ0v) is 18.9. The first-order chi connectivity index (χ1) is 14.7. The topological polar surface area (TPSA) is 92.8 Å². The maximum absolute atomic E-state index is 12.9. The molecule has 1 aliphatic heterocycles. The van der Waals surface area contributed by atoms with Crippen molar-refractivity contribution < 1.29 is 22.7 Å². The van der Waals surface area contributed by atoms with Gasteiger partial charge in [0.1, 0.15) is 0 Å². The van der Waals surface area contributed by atoms with Gasteiger partial charge in [0, 0.05) is 18.8 Å². The van der Waals surface area contributed by atoms with Crippen molar-refractivity contribution in [2.24, 2.45) is 0 Å². The van der Waals surface area contributed by atoms with E-state index in [1.165, 1.54) is 23.4 Å². The molecule has 1 aliphatic rings. The van der Waals surface area contributed by atoms with Gasteiger partial charge in [0.25, 0.3) is 5.91 Å². The minimum Gasteiger partial charge on any atom is -0.449 e. The molecule has 2 aromatic carbocycles. The number of rotatable bonds is 6. The molecule has 1 atom stereocenters. The zero-order chi connectivity index (χ0) is 22.6. The number of esters is 1. The molecule has 8 heteroatoms. The molecule has 0 aliphatic carbocycles. The van der Waals surface area contributed by atoms with Crippen molar-refractivity contribution in [3.05, 3.63) is 59.2 Å². The van der Waals surface area contributed by atoms with Crippen LogP contribution in [0.4, 0.5) is 5.69 Å². The molecule has 0 aromatic heterocycles. The van der Waals surface area contributed by atoms with Crippen LogP contribution < -0.4 is 5.32 Å². The lowest BCUT2D eigenvalue weighted by molar-refractivity contribution is -0.123. The lowest BCUT2D eigenvalue weighted by atomic mass is 10.1. The highest BCUT2D eigenvalue weighted by Gasteiger charge is 2.28. The molecule has 0 spiro atoms. The summed E-state index contributed by atoms with van der Waals surface area (Å²) in [5, 5.41) is 2.71. The van der Waals surface area contributed by atoms with E-state index in [9.17, 15) is 18.0 Å². The highest BCUT2D eigenvalue weighted by Crippen LogP contribution is 2.23. The van der Waals surface area contributed by atoms with E-state index in [2.05, 4.69) is 5.32 Å². The number of sulfonamides is 1. The Morgan fingerprint density at radius 1 is 1.03 bits per heavy atom. The number of carbonyl (C=O) groups is 2. The maximum atomic E-state index is 12.9. The molecule has 0 bridgehead atoms. The van der Waals surface area contributed by atoms with Crippen LogP contribution >= 0.6 is 0 Å². The van der Waals surface area contributed by atoms with Crippen molar-refractivity contribution in [2.45, 2.75) is 51.0 Å². The van der Waals surface area contributed by atoms with Gasteiger partial charge >= 0.3 is 5.97 Å². The average Bonchev–Trinajstić information content (AvgIpc) is 2.74. The summed E-state index contributed by atoms with van der Waals surface area (Å²) in [6.45, 7) is 6.04. The number of hydrogen-bond acceptors (Lipinski definition) is 5. The normalized spacial score (nSPS) is 15.8. The van der Waals surface area contributed by atoms with Gasteiger partial charge in [-0.15, -0.1) is 0 Å². The molecule has 1 N–H and O–H groups in total. The smallest absolute Gasteiger partial charge is 0.339 e. The summed E-state index contributed by atoms with van der Waals surface area (Å²) in [4.78, 5) is 25.2. The van der Waals surface area contributed by atoms with Gasteiger partial charge in [0.2, 0.25) is 10.0 Å². The third kappa shape index (κ3) is 5.51. The van der Waals surface area contributed by atoms with Crippen molar-refractivity contribution in [3.63, 3.8) is 0 Å². The number of nitrogens with one attached hydrogen (secondary N) is 1. The molecular formula is C23H28N2O5S. The lowest BCUT2D eigenvalue weighted by Gasteiger charge is -2.26. The van der Waals surface area contributed by atoms with Crippen LogP contribution in [0.15, 0.2) is 47.4 Å². The first-order valence-electron chi connectivity index (χ1n) is 10.4. The molecule has 1 heterocycles.